The van der Waals surface area contributed by atoms with Crippen molar-refractivity contribution < 1.29 is 9.59 Å². The molecule has 0 bridgehead atoms. The van der Waals surface area contributed by atoms with Gasteiger partial charge >= 0.3 is 0 Å². The SMILES string of the molecule is O=C(CCl)N1CCCCCCC1=O. The second-order valence-corrected chi connectivity index (χ2v) is 3.50. The van der Waals surface area contributed by atoms with E-state index in [-0.39, 0.29) is 17.7 Å². The molecule has 3 nitrogen and oxygen atoms in total. The Labute approximate surface area is 83.0 Å². The molecule has 0 aromatic carbocycles. The summed E-state index contributed by atoms with van der Waals surface area (Å²) >= 11 is 5.40. The van der Waals surface area contributed by atoms with Crippen LogP contribution in [0.15, 0.2) is 0 Å². The van der Waals surface area contributed by atoms with Crippen LogP contribution in [-0.4, -0.2) is 29.1 Å². The van der Waals surface area contributed by atoms with E-state index in [0.717, 1.165) is 25.7 Å². The maximum atomic E-state index is 11.4. The van der Waals surface area contributed by atoms with Crippen LogP contribution in [0.3, 0.4) is 0 Å². The molecule has 13 heavy (non-hydrogen) atoms. The number of hydrogen-bond donors (Lipinski definition) is 0. The van der Waals surface area contributed by atoms with Gasteiger partial charge in [0.1, 0.15) is 5.88 Å². The minimum Gasteiger partial charge on any atom is -0.282 e. The number of carbonyl (C=O) groups excluding carboxylic acids is 2. The maximum Gasteiger partial charge on any atom is 0.244 e. The zero-order valence-corrected chi connectivity index (χ0v) is 8.35. The lowest BCUT2D eigenvalue weighted by Gasteiger charge is -2.21. The van der Waals surface area contributed by atoms with E-state index in [2.05, 4.69) is 0 Å². The van der Waals surface area contributed by atoms with Crippen molar-refractivity contribution >= 4 is 23.4 Å². The average Bonchev–Trinajstić information content (AvgIpc) is 2.11. The van der Waals surface area contributed by atoms with Crippen molar-refractivity contribution in [1.82, 2.24) is 4.90 Å². The van der Waals surface area contributed by atoms with E-state index >= 15 is 0 Å². The summed E-state index contributed by atoms with van der Waals surface area (Å²) < 4.78 is 0. The third-order valence-corrected chi connectivity index (χ3v) is 2.47. The van der Waals surface area contributed by atoms with Crippen LogP contribution in [0, 0.1) is 0 Å². The predicted octanol–water partition coefficient (Wildman–Crippen LogP) is 1.54. The van der Waals surface area contributed by atoms with Crippen molar-refractivity contribution in [2.45, 2.75) is 32.1 Å². The quantitative estimate of drug-likeness (QED) is 0.607. The Hall–Kier alpha value is -0.570. The molecule has 0 aliphatic carbocycles. The molecule has 0 radical (unpaired) electrons. The van der Waals surface area contributed by atoms with Crippen LogP contribution in [0.5, 0.6) is 0 Å². The highest BCUT2D eigenvalue weighted by Crippen LogP contribution is 2.11. The fourth-order valence-corrected chi connectivity index (χ4v) is 1.64. The Morgan fingerprint density at radius 2 is 2.00 bits per heavy atom. The average molecular weight is 204 g/mol. The number of alkyl halides is 1. The third-order valence-electron chi connectivity index (χ3n) is 2.24. The first-order valence-corrected chi connectivity index (χ1v) is 5.18. The van der Waals surface area contributed by atoms with Gasteiger partial charge in [-0.05, 0) is 12.8 Å². The molecule has 74 valence electrons. The first-order valence-electron chi connectivity index (χ1n) is 4.65. The predicted molar refractivity (Wildman–Crippen MR) is 50.5 cm³/mol. The fraction of sp³-hybridized carbons (Fsp3) is 0.778. The first-order chi connectivity index (χ1) is 6.25. The Bertz CT molecular complexity index is 206. The van der Waals surface area contributed by atoms with Crippen LogP contribution in [-0.2, 0) is 9.59 Å². The van der Waals surface area contributed by atoms with E-state index in [9.17, 15) is 9.59 Å². The zero-order chi connectivity index (χ0) is 9.68. The Kier molecular flexibility index (Phi) is 4.22. The van der Waals surface area contributed by atoms with Crippen LogP contribution < -0.4 is 0 Å². The summed E-state index contributed by atoms with van der Waals surface area (Å²) in [5.74, 6) is -0.412. The molecular weight excluding hydrogens is 190 g/mol. The monoisotopic (exact) mass is 203 g/mol. The molecule has 1 rings (SSSR count). The second-order valence-electron chi connectivity index (χ2n) is 3.24. The van der Waals surface area contributed by atoms with E-state index < -0.39 is 0 Å². The van der Waals surface area contributed by atoms with Gasteiger partial charge in [-0.25, -0.2) is 0 Å². The molecule has 0 atom stereocenters. The molecule has 0 spiro atoms. The van der Waals surface area contributed by atoms with Gasteiger partial charge in [0.25, 0.3) is 0 Å². The summed E-state index contributed by atoms with van der Waals surface area (Å²) in [6.45, 7) is 0.546. The smallest absolute Gasteiger partial charge is 0.244 e. The van der Waals surface area contributed by atoms with Gasteiger partial charge in [0.2, 0.25) is 11.8 Å². The molecule has 1 fully saturated rings. The molecule has 1 aliphatic rings. The van der Waals surface area contributed by atoms with Crippen molar-refractivity contribution in [1.29, 1.82) is 0 Å². The minimum atomic E-state index is -0.256. The first kappa shape index (κ1) is 10.5. The summed E-state index contributed by atoms with van der Waals surface area (Å²) in [5.41, 5.74) is 0. The summed E-state index contributed by atoms with van der Waals surface area (Å²) in [4.78, 5) is 23.9. The van der Waals surface area contributed by atoms with E-state index in [0.29, 0.717) is 13.0 Å². The second kappa shape index (κ2) is 5.22. The number of carbonyl (C=O) groups is 2. The molecule has 0 aromatic rings. The summed E-state index contributed by atoms with van der Waals surface area (Å²) in [5, 5.41) is 0. The van der Waals surface area contributed by atoms with Gasteiger partial charge in [-0.3, -0.25) is 14.5 Å². The zero-order valence-electron chi connectivity index (χ0n) is 7.59. The molecule has 1 heterocycles. The van der Waals surface area contributed by atoms with Crippen molar-refractivity contribution in [3.8, 4) is 0 Å². The normalized spacial score (nSPS) is 19.5. The topological polar surface area (TPSA) is 37.4 Å². The molecule has 4 heteroatoms. The molecule has 1 saturated heterocycles. The molecular formula is C9H14ClNO2. The number of rotatable bonds is 1. The van der Waals surface area contributed by atoms with Gasteiger partial charge in [0, 0.05) is 13.0 Å². The van der Waals surface area contributed by atoms with Gasteiger partial charge in [0.05, 0.1) is 0 Å². The van der Waals surface area contributed by atoms with Crippen LogP contribution in [0.1, 0.15) is 32.1 Å². The maximum absolute atomic E-state index is 11.4. The standard InChI is InChI=1S/C9H14ClNO2/c10-7-9(13)11-6-4-2-1-3-5-8(11)12/h1-7H2. The fourth-order valence-electron chi connectivity index (χ4n) is 1.50. The minimum absolute atomic E-state index is 0.0645. The summed E-state index contributed by atoms with van der Waals surface area (Å²) in [7, 11) is 0. The van der Waals surface area contributed by atoms with Crippen LogP contribution >= 0.6 is 11.6 Å². The molecule has 1 aliphatic heterocycles. The highest BCUT2D eigenvalue weighted by molar-refractivity contribution is 6.28. The third kappa shape index (κ3) is 2.99. The van der Waals surface area contributed by atoms with Gasteiger partial charge in [-0.1, -0.05) is 12.8 Å². The van der Waals surface area contributed by atoms with Crippen molar-refractivity contribution in [2.24, 2.45) is 0 Å². The largest absolute Gasteiger partial charge is 0.282 e. The number of hydrogen-bond acceptors (Lipinski definition) is 2. The van der Waals surface area contributed by atoms with Crippen LogP contribution in [0.4, 0.5) is 0 Å². The Morgan fingerprint density at radius 1 is 1.31 bits per heavy atom. The molecule has 2 amide bonds. The van der Waals surface area contributed by atoms with E-state index in [1.807, 2.05) is 0 Å². The molecule has 0 saturated carbocycles. The molecule has 0 N–H and O–H groups in total. The lowest BCUT2D eigenvalue weighted by atomic mass is 10.1. The number of imide groups is 1. The highest BCUT2D eigenvalue weighted by Gasteiger charge is 2.20. The van der Waals surface area contributed by atoms with Crippen molar-refractivity contribution in [3.63, 3.8) is 0 Å². The van der Waals surface area contributed by atoms with Crippen LogP contribution in [0.2, 0.25) is 0 Å². The lowest BCUT2D eigenvalue weighted by Crippen LogP contribution is -2.39. The van der Waals surface area contributed by atoms with Crippen molar-refractivity contribution in [3.05, 3.63) is 0 Å². The summed E-state index contributed by atoms with van der Waals surface area (Å²) in [6.07, 6.45) is 4.48. The Morgan fingerprint density at radius 3 is 2.69 bits per heavy atom. The summed E-state index contributed by atoms with van der Waals surface area (Å²) in [6, 6.07) is 0. The Balaban J connectivity index is 2.56. The lowest BCUT2D eigenvalue weighted by molar-refractivity contribution is -0.143. The number of nitrogens with zero attached hydrogens (tertiary/aromatic N) is 1. The number of halogens is 1. The van der Waals surface area contributed by atoms with Crippen molar-refractivity contribution in [2.75, 3.05) is 12.4 Å². The van der Waals surface area contributed by atoms with E-state index in [4.69, 9.17) is 11.6 Å². The molecule has 0 aromatic heterocycles. The van der Waals surface area contributed by atoms with Gasteiger partial charge < -0.3 is 0 Å². The van der Waals surface area contributed by atoms with Gasteiger partial charge in [-0.2, -0.15) is 0 Å². The molecule has 0 unspecified atom stereocenters. The van der Waals surface area contributed by atoms with Crippen LogP contribution in [0.25, 0.3) is 0 Å². The van der Waals surface area contributed by atoms with E-state index in [1.54, 1.807) is 0 Å². The highest BCUT2D eigenvalue weighted by atomic mass is 35.5. The van der Waals surface area contributed by atoms with E-state index in [1.165, 1.54) is 4.90 Å². The van der Waals surface area contributed by atoms with Gasteiger partial charge in [0.15, 0.2) is 0 Å². The number of amides is 2. The van der Waals surface area contributed by atoms with Gasteiger partial charge in [-0.15, -0.1) is 11.6 Å². The number of likely N-dealkylation sites (tertiary alicyclic amines) is 1.